The van der Waals surface area contributed by atoms with E-state index in [4.69, 9.17) is 0 Å². The number of nitrogens with zero attached hydrogens (tertiary/aromatic N) is 2. The third-order valence-electron chi connectivity index (χ3n) is 2.92. The number of amides is 4. The number of nitrogens with one attached hydrogen (secondary N) is 1. The van der Waals surface area contributed by atoms with Gasteiger partial charge in [-0.1, -0.05) is 30.3 Å². The molecule has 0 spiro atoms. The molecule has 0 fully saturated rings. The average molecular weight is 316 g/mol. The molecular formula is C16H18N3O4. The van der Waals surface area contributed by atoms with Crippen LogP contribution in [0.1, 0.15) is 5.56 Å². The molecule has 121 valence electrons. The number of carbonyl (C=O) groups is 3. The maximum absolute atomic E-state index is 12.2. The van der Waals surface area contributed by atoms with Crippen molar-refractivity contribution in [2.24, 2.45) is 0 Å². The van der Waals surface area contributed by atoms with Gasteiger partial charge in [0.25, 0.3) is 5.91 Å². The van der Waals surface area contributed by atoms with Crippen LogP contribution in [0.15, 0.2) is 36.4 Å². The lowest BCUT2D eigenvalue weighted by Gasteiger charge is -2.23. The van der Waals surface area contributed by atoms with Crippen molar-refractivity contribution in [3.8, 4) is 0 Å². The van der Waals surface area contributed by atoms with Crippen LogP contribution in [0.25, 0.3) is 6.08 Å². The van der Waals surface area contributed by atoms with Crippen molar-refractivity contribution in [3.05, 3.63) is 42.0 Å². The van der Waals surface area contributed by atoms with E-state index in [0.29, 0.717) is 0 Å². The molecule has 0 saturated carbocycles. The quantitative estimate of drug-likeness (QED) is 0.771. The summed E-state index contributed by atoms with van der Waals surface area (Å²) in [7, 11) is 2.80. The molecule has 0 aliphatic heterocycles. The van der Waals surface area contributed by atoms with Crippen LogP contribution in [0.2, 0.25) is 0 Å². The first-order chi connectivity index (χ1) is 11.0. The van der Waals surface area contributed by atoms with E-state index >= 15 is 0 Å². The Morgan fingerprint density at radius 2 is 1.87 bits per heavy atom. The van der Waals surface area contributed by atoms with E-state index in [1.807, 2.05) is 18.2 Å². The van der Waals surface area contributed by atoms with Crippen molar-refractivity contribution in [1.29, 1.82) is 0 Å². The van der Waals surface area contributed by atoms with Crippen LogP contribution in [0.5, 0.6) is 0 Å². The van der Waals surface area contributed by atoms with Crippen molar-refractivity contribution in [1.82, 2.24) is 15.1 Å². The number of likely N-dealkylation sites (N-methyl/N-ethyl adjacent to an activating group) is 2. The topological polar surface area (TPSA) is 86.8 Å². The summed E-state index contributed by atoms with van der Waals surface area (Å²) in [6, 6.07) is 8.29. The van der Waals surface area contributed by atoms with Gasteiger partial charge in [0, 0.05) is 20.2 Å². The number of benzene rings is 1. The van der Waals surface area contributed by atoms with Gasteiger partial charge < -0.3 is 10.2 Å². The Labute approximate surface area is 134 Å². The molecule has 0 atom stereocenters. The molecule has 1 aromatic rings. The zero-order valence-electron chi connectivity index (χ0n) is 13.0. The molecule has 4 amide bonds. The molecule has 0 aliphatic rings. The van der Waals surface area contributed by atoms with Gasteiger partial charge in [-0.2, -0.15) is 0 Å². The van der Waals surface area contributed by atoms with E-state index in [-0.39, 0.29) is 12.5 Å². The average Bonchev–Trinajstić information content (AvgIpc) is 2.57. The maximum atomic E-state index is 12.2. The predicted molar refractivity (Wildman–Crippen MR) is 85.0 cm³/mol. The summed E-state index contributed by atoms with van der Waals surface area (Å²) in [4.78, 5) is 48.0. The fourth-order valence-corrected chi connectivity index (χ4v) is 1.69. The Kier molecular flexibility index (Phi) is 7.19. The van der Waals surface area contributed by atoms with Gasteiger partial charge in [-0.15, -0.1) is 0 Å². The Morgan fingerprint density at radius 3 is 2.43 bits per heavy atom. The Hall–Kier alpha value is -2.96. The fraction of sp³-hybridized carbons (Fsp3) is 0.250. The number of carbonyl (C=O) groups excluding carboxylic acids is 4. The molecule has 7 heteroatoms. The molecule has 1 N–H and O–H groups in total. The number of urea groups is 1. The van der Waals surface area contributed by atoms with E-state index in [9.17, 15) is 19.2 Å². The second-order valence-electron chi connectivity index (χ2n) is 4.62. The highest BCUT2D eigenvalue weighted by Gasteiger charge is 2.23. The van der Waals surface area contributed by atoms with Crippen molar-refractivity contribution in [2.45, 2.75) is 0 Å². The van der Waals surface area contributed by atoms with E-state index < -0.39 is 18.5 Å². The second kappa shape index (κ2) is 9.14. The minimum absolute atomic E-state index is 0.222. The van der Waals surface area contributed by atoms with Gasteiger partial charge in [0.2, 0.25) is 12.2 Å². The van der Waals surface area contributed by atoms with Gasteiger partial charge in [-0.3, -0.25) is 19.3 Å². The van der Waals surface area contributed by atoms with Crippen LogP contribution in [-0.2, 0) is 14.4 Å². The largest absolute Gasteiger partial charge is 0.358 e. The Balaban J connectivity index is 2.81. The Morgan fingerprint density at radius 1 is 1.22 bits per heavy atom. The minimum Gasteiger partial charge on any atom is -0.358 e. The van der Waals surface area contributed by atoms with Crippen molar-refractivity contribution in [3.63, 3.8) is 0 Å². The molecule has 1 rings (SSSR count). The molecule has 23 heavy (non-hydrogen) atoms. The molecule has 0 aliphatic carbocycles. The van der Waals surface area contributed by atoms with Crippen LogP contribution in [-0.4, -0.2) is 61.1 Å². The lowest BCUT2D eigenvalue weighted by molar-refractivity contribution is -0.124. The summed E-state index contributed by atoms with van der Waals surface area (Å²) in [6.45, 7) is -0.727. The first kappa shape index (κ1) is 18.1. The summed E-state index contributed by atoms with van der Waals surface area (Å²) < 4.78 is 0. The molecule has 7 nitrogen and oxygen atoms in total. The third kappa shape index (κ3) is 5.74. The first-order valence-corrected chi connectivity index (χ1v) is 6.85. The number of imide groups is 1. The zero-order chi connectivity index (χ0) is 17.2. The van der Waals surface area contributed by atoms with Crippen LogP contribution in [0.3, 0.4) is 0 Å². The number of hydrogen-bond acceptors (Lipinski definition) is 4. The molecule has 0 saturated heterocycles. The standard InChI is InChI=1S/C16H18N3O4/c1-17-14(21)12-18(2)16(23)19(10-11-20)15(22)9-8-13-6-4-3-5-7-13/h3-9H,10,12H2,1-2H3,(H,17,21)/b9-8+. The van der Waals surface area contributed by atoms with Gasteiger partial charge in [-0.25, -0.2) is 4.79 Å². The molecule has 0 unspecified atom stereocenters. The van der Waals surface area contributed by atoms with Crippen LogP contribution in [0.4, 0.5) is 4.79 Å². The molecule has 1 aromatic carbocycles. The molecule has 0 aromatic heterocycles. The van der Waals surface area contributed by atoms with Crippen molar-refractivity contribution >= 4 is 30.2 Å². The lowest BCUT2D eigenvalue weighted by atomic mass is 10.2. The Bertz CT molecular complexity index is 599. The maximum Gasteiger partial charge on any atom is 0.327 e. The van der Waals surface area contributed by atoms with Gasteiger partial charge >= 0.3 is 6.03 Å². The highest BCUT2D eigenvalue weighted by Crippen LogP contribution is 2.04. The van der Waals surface area contributed by atoms with Crippen molar-refractivity contribution in [2.75, 3.05) is 27.2 Å². The molecule has 1 radical (unpaired) electrons. The number of hydrogen-bond donors (Lipinski definition) is 1. The van der Waals surface area contributed by atoms with Crippen LogP contribution >= 0.6 is 0 Å². The fourth-order valence-electron chi connectivity index (χ4n) is 1.69. The molecular weight excluding hydrogens is 298 g/mol. The van der Waals surface area contributed by atoms with Crippen LogP contribution < -0.4 is 5.32 Å². The molecule has 0 heterocycles. The van der Waals surface area contributed by atoms with Gasteiger partial charge in [-0.05, 0) is 11.6 Å². The SMILES string of the molecule is CNC(=O)CN(C)C(=O)N(C[C]=O)C(=O)/C=C/c1ccccc1. The monoisotopic (exact) mass is 316 g/mol. The number of rotatable bonds is 6. The summed E-state index contributed by atoms with van der Waals surface area (Å²) in [5.41, 5.74) is 0.780. The molecule has 0 bridgehead atoms. The first-order valence-electron chi connectivity index (χ1n) is 6.85. The van der Waals surface area contributed by atoms with Gasteiger partial charge in [0.05, 0.1) is 6.54 Å². The normalized spacial score (nSPS) is 10.2. The van der Waals surface area contributed by atoms with Crippen LogP contribution in [0, 0.1) is 0 Å². The summed E-state index contributed by atoms with van der Waals surface area (Å²) >= 11 is 0. The summed E-state index contributed by atoms with van der Waals surface area (Å²) in [5.74, 6) is -1.05. The van der Waals surface area contributed by atoms with Gasteiger partial charge in [0.1, 0.15) is 6.54 Å². The highest BCUT2D eigenvalue weighted by molar-refractivity contribution is 6.04. The third-order valence-corrected chi connectivity index (χ3v) is 2.92. The summed E-state index contributed by atoms with van der Waals surface area (Å²) in [6.07, 6.45) is 4.25. The van der Waals surface area contributed by atoms with E-state index in [1.165, 1.54) is 32.5 Å². The van der Waals surface area contributed by atoms with Crippen molar-refractivity contribution < 1.29 is 19.2 Å². The smallest absolute Gasteiger partial charge is 0.327 e. The van der Waals surface area contributed by atoms with Gasteiger partial charge in [0.15, 0.2) is 0 Å². The second-order valence-corrected chi connectivity index (χ2v) is 4.62. The zero-order valence-corrected chi connectivity index (χ0v) is 13.0. The minimum atomic E-state index is -0.750. The van der Waals surface area contributed by atoms with E-state index in [0.717, 1.165) is 15.4 Å². The highest BCUT2D eigenvalue weighted by atomic mass is 16.2. The van der Waals surface area contributed by atoms with E-state index in [2.05, 4.69) is 5.32 Å². The summed E-state index contributed by atoms with van der Waals surface area (Å²) in [5, 5.41) is 2.37. The lowest BCUT2D eigenvalue weighted by Crippen LogP contribution is -2.47. The predicted octanol–water partition coefficient (Wildman–Crippen LogP) is 0.436. The van der Waals surface area contributed by atoms with E-state index in [1.54, 1.807) is 12.1 Å².